The van der Waals surface area contributed by atoms with Gasteiger partial charge in [-0.2, -0.15) is 0 Å². The van der Waals surface area contributed by atoms with Crippen molar-refractivity contribution in [3.05, 3.63) is 0 Å². The van der Waals surface area contributed by atoms with E-state index in [0.717, 1.165) is 21.7 Å². The van der Waals surface area contributed by atoms with Gasteiger partial charge in [-0.05, 0) is 0 Å². The molecule has 0 aromatic carbocycles. The fourth-order valence-corrected chi connectivity index (χ4v) is 4.83. The molecule has 0 saturated carbocycles. The molecular weight excluding hydrogens is 161 g/mol. The molecule has 2 aliphatic rings. The van der Waals surface area contributed by atoms with Crippen molar-refractivity contribution in [2.75, 3.05) is 20.1 Å². The van der Waals surface area contributed by atoms with Gasteiger partial charge in [0, 0.05) is 0 Å². The number of hydrogen-bond acceptors (Lipinski definition) is 1. The minimum absolute atomic E-state index is 0.761. The minimum atomic E-state index is 0.761. The van der Waals surface area contributed by atoms with Gasteiger partial charge >= 0.3 is 69.9 Å². The maximum absolute atomic E-state index is 2.51. The van der Waals surface area contributed by atoms with Crippen LogP contribution in [-0.4, -0.2) is 25.0 Å². The van der Waals surface area contributed by atoms with Crippen molar-refractivity contribution in [3.63, 3.8) is 0 Å². The van der Waals surface area contributed by atoms with E-state index in [4.69, 9.17) is 0 Å². The topological polar surface area (TPSA) is 3.24 Å². The first-order chi connectivity index (χ1) is 4.81. The SMILES string of the molecule is CN1CCC2(C[CH2][V][CH2]2)C1. The summed E-state index contributed by atoms with van der Waals surface area (Å²) in [6.45, 7) is 2.77. The van der Waals surface area contributed by atoms with Gasteiger partial charge in [0.05, 0.1) is 0 Å². The average Bonchev–Trinajstić information content (AvgIpc) is 2.46. The molecule has 57 valence electrons. The Bertz CT molecular complexity index is 129. The van der Waals surface area contributed by atoms with Crippen molar-refractivity contribution >= 4 is 0 Å². The molecule has 0 N–H and O–H groups in total. The van der Waals surface area contributed by atoms with Crippen LogP contribution in [0.3, 0.4) is 0 Å². The van der Waals surface area contributed by atoms with Gasteiger partial charge in [0.25, 0.3) is 0 Å². The van der Waals surface area contributed by atoms with Crippen molar-refractivity contribution in [3.8, 4) is 0 Å². The Morgan fingerprint density at radius 2 is 2.30 bits per heavy atom. The van der Waals surface area contributed by atoms with Gasteiger partial charge in [-0.15, -0.1) is 0 Å². The van der Waals surface area contributed by atoms with Crippen LogP contribution in [0.5, 0.6) is 0 Å². The van der Waals surface area contributed by atoms with Crippen LogP contribution in [0.25, 0.3) is 0 Å². The van der Waals surface area contributed by atoms with Gasteiger partial charge in [0.15, 0.2) is 0 Å². The summed E-state index contributed by atoms with van der Waals surface area (Å²) in [4.78, 5) is 2.51. The summed E-state index contributed by atoms with van der Waals surface area (Å²) in [6.07, 6.45) is 3.05. The summed E-state index contributed by atoms with van der Waals surface area (Å²) in [6, 6.07) is 0. The van der Waals surface area contributed by atoms with Crippen molar-refractivity contribution in [1.29, 1.82) is 0 Å². The van der Waals surface area contributed by atoms with E-state index in [-0.39, 0.29) is 0 Å². The molecule has 1 nitrogen and oxygen atoms in total. The Balaban J connectivity index is 2.03. The summed E-state index contributed by atoms with van der Waals surface area (Å²) in [5.41, 5.74) is 0.828. The first kappa shape index (κ1) is 7.21. The molecule has 0 aromatic rings. The second-order valence-corrected chi connectivity index (χ2v) is 5.73. The molecule has 2 fully saturated rings. The standard InChI is InChI=1S/C8H15N.V/c1-4-8(2)5-6-9(3)7-8;/h1-2,4-7H2,3H3;. The molecule has 2 heteroatoms. The molecule has 0 radical (unpaired) electrons. The monoisotopic (exact) mass is 176 g/mol. The van der Waals surface area contributed by atoms with E-state index in [9.17, 15) is 0 Å². The van der Waals surface area contributed by atoms with E-state index in [0.29, 0.717) is 0 Å². The van der Waals surface area contributed by atoms with Crippen LogP contribution in [0.15, 0.2) is 0 Å². The fraction of sp³-hybridized carbons (Fsp3) is 1.00. The molecule has 0 aliphatic carbocycles. The zero-order chi connectivity index (χ0) is 7.03. The Kier molecular flexibility index (Phi) is 1.83. The molecule has 0 aromatic heterocycles. The molecule has 1 spiro atoms. The predicted molar refractivity (Wildman–Crippen MR) is 38.8 cm³/mol. The van der Waals surface area contributed by atoms with E-state index in [1.54, 1.807) is 16.7 Å². The third-order valence-electron chi connectivity index (χ3n) is 2.88. The van der Waals surface area contributed by atoms with Gasteiger partial charge in [-0.25, -0.2) is 0 Å². The first-order valence-corrected chi connectivity index (χ1v) is 6.10. The van der Waals surface area contributed by atoms with Gasteiger partial charge in [-0.1, -0.05) is 0 Å². The molecular formula is C8H15NV. The molecule has 2 rings (SSSR count). The van der Waals surface area contributed by atoms with Gasteiger partial charge in [0.2, 0.25) is 0 Å². The molecule has 1 atom stereocenters. The summed E-state index contributed by atoms with van der Waals surface area (Å²) in [5.74, 6) is 0. The van der Waals surface area contributed by atoms with Crippen LogP contribution in [0.4, 0.5) is 0 Å². The molecule has 2 heterocycles. The van der Waals surface area contributed by atoms with Crippen molar-refractivity contribution < 1.29 is 16.3 Å². The van der Waals surface area contributed by atoms with Crippen LogP contribution in [0, 0.1) is 5.41 Å². The Morgan fingerprint density at radius 3 is 2.80 bits per heavy atom. The number of nitrogens with zero attached hydrogens (tertiary/aromatic N) is 1. The van der Waals surface area contributed by atoms with E-state index in [2.05, 4.69) is 11.9 Å². The molecule has 10 heavy (non-hydrogen) atoms. The molecule has 0 amide bonds. The number of rotatable bonds is 0. The van der Waals surface area contributed by atoms with Crippen molar-refractivity contribution in [2.45, 2.75) is 23.1 Å². The van der Waals surface area contributed by atoms with Crippen LogP contribution in [-0.2, 0) is 16.3 Å². The zero-order valence-electron chi connectivity index (χ0n) is 6.64. The Hall–Kier alpha value is 0.544. The van der Waals surface area contributed by atoms with Gasteiger partial charge in [0.1, 0.15) is 0 Å². The first-order valence-electron chi connectivity index (χ1n) is 4.13. The zero-order valence-corrected chi connectivity index (χ0v) is 8.03. The third kappa shape index (κ3) is 1.15. The summed E-state index contributed by atoms with van der Waals surface area (Å²) in [5, 5.41) is 3.19. The molecule has 0 bridgehead atoms. The quantitative estimate of drug-likeness (QED) is 0.542. The van der Waals surface area contributed by atoms with Crippen LogP contribution in [0.1, 0.15) is 12.8 Å². The molecule has 1 unspecified atom stereocenters. The maximum atomic E-state index is 2.51. The second-order valence-electron chi connectivity index (χ2n) is 3.84. The second kappa shape index (κ2) is 2.55. The van der Waals surface area contributed by atoms with E-state index in [1.807, 2.05) is 0 Å². The third-order valence-corrected chi connectivity index (χ3v) is 5.12. The van der Waals surface area contributed by atoms with Crippen LogP contribution in [0.2, 0.25) is 10.3 Å². The van der Waals surface area contributed by atoms with E-state index < -0.39 is 0 Å². The normalized spacial score (nSPS) is 40.9. The van der Waals surface area contributed by atoms with E-state index >= 15 is 0 Å². The van der Waals surface area contributed by atoms with Crippen LogP contribution >= 0.6 is 0 Å². The van der Waals surface area contributed by atoms with Crippen molar-refractivity contribution in [2.24, 2.45) is 5.41 Å². The van der Waals surface area contributed by atoms with Crippen molar-refractivity contribution in [1.82, 2.24) is 4.90 Å². The number of hydrogen-bond donors (Lipinski definition) is 0. The summed E-state index contributed by atoms with van der Waals surface area (Å²) in [7, 11) is 2.27. The Morgan fingerprint density at radius 1 is 1.40 bits per heavy atom. The number of likely N-dealkylation sites (tertiary alicyclic amines) is 1. The van der Waals surface area contributed by atoms with Gasteiger partial charge < -0.3 is 0 Å². The predicted octanol–water partition coefficient (Wildman–Crippen LogP) is 1.63. The fourth-order valence-electron chi connectivity index (χ4n) is 2.20. The van der Waals surface area contributed by atoms with E-state index in [1.165, 1.54) is 19.5 Å². The molecule has 2 saturated heterocycles. The molecule has 2 aliphatic heterocycles. The van der Waals surface area contributed by atoms with Crippen LogP contribution < -0.4 is 0 Å². The van der Waals surface area contributed by atoms with Gasteiger partial charge in [-0.3, -0.25) is 0 Å². The Labute approximate surface area is 70.2 Å². The summed E-state index contributed by atoms with van der Waals surface area (Å²) < 4.78 is 0. The average molecular weight is 176 g/mol. The summed E-state index contributed by atoms with van der Waals surface area (Å²) >= 11 is 0.761.